The van der Waals surface area contributed by atoms with Crippen LogP contribution in [0.4, 0.5) is 0 Å². The van der Waals surface area contributed by atoms with Crippen molar-refractivity contribution >= 4 is 29.4 Å². The van der Waals surface area contributed by atoms with Gasteiger partial charge in [-0.15, -0.1) is 0 Å². The fraction of sp³-hybridized carbons (Fsp3) is 0.676. The number of likely N-dealkylation sites (N-methyl/N-ethyl adjacent to an activating group) is 1. The van der Waals surface area contributed by atoms with E-state index in [4.69, 9.17) is 18.9 Å². The van der Waals surface area contributed by atoms with E-state index in [1.54, 1.807) is 11.8 Å². The highest BCUT2D eigenvalue weighted by Gasteiger charge is 2.36. The smallest absolute Gasteiger partial charge is 0.306 e. The molecular formula is C34H52N2O10. The lowest BCUT2D eigenvalue weighted by atomic mass is 9.89. The van der Waals surface area contributed by atoms with Gasteiger partial charge in [0, 0.05) is 45.6 Å². The minimum absolute atomic E-state index is 0.00128. The van der Waals surface area contributed by atoms with Crippen LogP contribution >= 0.6 is 0 Å². The third-order valence-electron chi connectivity index (χ3n) is 7.92. The SMILES string of the molecule is CNC(=O)COCCOCCCC(=O)COCCOCCCC(=O)C1CCCN1C(=O)C(C)CC(CCc1ccccc1)C(=O)O. The minimum atomic E-state index is -0.901. The number of Topliss-reactive ketones (excluding diaryl/α,β-unsaturated/α-hetero) is 2. The molecule has 0 bridgehead atoms. The number of nitrogens with zero attached hydrogens (tertiary/aromatic N) is 1. The van der Waals surface area contributed by atoms with Crippen molar-refractivity contribution in [2.45, 2.75) is 70.8 Å². The quantitative estimate of drug-likeness (QED) is 0.143. The zero-order valence-corrected chi connectivity index (χ0v) is 27.4. The van der Waals surface area contributed by atoms with Gasteiger partial charge < -0.3 is 34.3 Å². The van der Waals surface area contributed by atoms with E-state index in [2.05, 4.69) is 5.32 Å². The van der Waals surface area contributed by atoms with Crippen LogP contribution in [0.3, 0.4) is 0 Å². The van der Waals surface area contributed by atoms with Gasteiger partial charge >= 0.3 is 5.97 Å². The Bertz CT molecular complexity index is 1070. The number of ether oxygens (including phenoxy) is 4. The fourth-order valence-corrected chi connectivity index (χ4v) is 5.33. The number of likely N-dealkylation sites (tertiary alicyclic amines) is 1. The van der Waals surface area contributed by atoms with Crippen LogP contribution in [0, 0.1) is 11.8 Å². The summed E-state index contributed by atoms with van der Waals surface area (Å²) in [6.45, 7) is 4.29. The van der Waals surface area contributed by atoms with Crippen molar-refractivity contribution in [1.29, 1.82) is 0 Å². The minimum Gasteiger partial charge on any atom is -0.481 e. The molecule has 1 aliphatic heterocycles. The van der Waals surface area contributed by atoms with Crippen molar-refractivity contribution in [3.63, 3.8) is 0 Å². The summed E-state index contributed by atoms with van der Waals surface area (Å²) in [7, 11) is 1.54. The average molecular weight is 649 g/mol. The number of nitrogens with one attached hydrogen (secondary N) is 1. The number of carbonyl (C=O) groups excluding carboxylic acids is 4. The number of aryl methyl sites for hydroxylation is 1. The van der Waals surface area contributed by atoms with Gasteiger partial charge in [0.05, 0.1) is 38.4 Å². The molecule has 1 saturated heterocycles. The predicted molar refractivity (Wildman–Crippen MR) is 170 cm³/mol. The fourth-order valence-electron chi connectivity index (χ4n) is 5.33. The first-order valence-corrected chi connectivity index (χ1v) is 16.4. The Labute approximate surface area is 272 Å². The molecular weight excluding hydrogens is 596 g/mol. The second-order valence-electron chi connectivity index (χ2n) is 11.6. The molecule has 0 aliphatic carbocycles. The summed E-state index contributed by atoms with van der Waals surface area (Å²) in [6.07, 6.45) is 4.42. The van der Waals surface area contributed by atoms with Crippen LogP contribution in [0.2, 0.25) is 0 Å². The van der Waals surface area contributed by atoms with Crippen LogP contribution in [0.25, 0.3) is 0 Å². The molecule has 0 saturated carbocycles. The molecule has 0 radical (unpaired) electrons. The average Bonchev–Trinajstić information content (AvgIpc) is 3.55. The number of hydrogen-bond donors (Lipinski definition) is 2. The van der Waals surface area contributed by atoms with Gasteiger partial charge in [0.2, 0.25) is 11.8 Å². The molecule has 46 heavy (non-hydrogen) atoms. The molecule has 1 fully saturated rings. The number of carboxylic acids is 1. The van der Waals surface area contributed by atoms with Crippen LogP contribution in [-0.4, -0.2) is 112 Å². The Morgan fingerprint density at radius 2 is 1.52 bits per heavy atom. The van der Waals surface area contributed by atoms with Crippen molar-refractivity contribution in [3.8, 4) is 0 Å². The largest absolute Gasteiger partial charge is 0.481 e. The molecule has 3 atom stereocenters. The van der Waals surface area contributed by atoms with Gasteiger partial charge in [-0.2, -0.15) is 0 Å². The van der Waals surface area contributed by atoms with Gasteiger partial charge in [0.1, 0.15) is 13.2 Å². The number of carbonyl (C=O) groups is 5. The molecule has 2 rings (SSSR count). The van der Waals surface area contributed by atoms with Gasteiger partial charge in [-0.1, -0.05) is 37.3 Å². The Kier molecular flexibility index (Phi) is 19.6. The van der Waals surface area contributed by atoms with Gasteiger partial charge in [-0.3, -0.25) is 24.0 Å². The summed E-state index contributed by atoms with van der Waals surface area (Å²) >= 11 is 0. The van der Waals surface area contributed by atoms with Gasteiger partial charge in [0.25, 0.3) is 0 Å². The molecule has 1 aromatic rings. The number of benzene rings is 1. The van der Waals surface area contributed by atoms with Crippen LogP contribution in [0.5, 0.6) is 0 Å². The maximum atomic E-state index is 13.3. The third kappa shape index (κ3) is 15.9. The van der Waals surface area contributed by atoms with Crippen molar-refractivity contribution in [3.05, 3.63) is 35.9 Å². The van der Waals surface area contributed by atoms with E-state index in [0.717, 1.165) is 12.0 Å². The van der Waals surface area contributed by atoms with Crippen molar-refractivity contribution in [2.24, 2.45) is 11.8 Å². The zero-order valence-electron chi connectivity index (χ0n) is 27.4. The molecule has 1 aromatic carbocycles. The lowest BCUT2D eigenvalue weighted by Crippen LogP contribution is -2.43. The standard InChI is InChI=1S/C34H52N2O10/c1-26(23-28(34(41)42)15-14-27-9-4-3-5-10-27)33(40)36-16-6-12-30(36)31(38)13-8-18-44-19-21-45-24-29(37)11-7-17-43-20-22-46-25-32(39)35-2/h3-5,9-10,26,28,30H,6-8,11-25H2,1-2H3,(H,35,39)(H,41,42). The lowest BCUT2D eigenvalue weighted by molar-refractivity contribution is -0.145. The number of aliphatic carboxylic acids is 1. The van der Waals surface area contributed by atoms with E-state index < -0.39 is 23.8 Å². The molecule has 12 nitrogen and oxygen atoms in total. The number of rotatable bonds is 26. The molecule has 3 unspecified atom stereocenters. The van der Waals surface area contributed by atoms with E-state index in [1.807, 2.05) is 30.3 Å². The monoisotopic (exact) mass is 648 g/mol. The van der Waals surface area contributed by atoms with Crippen molar-refractivity contribution in [1.82, 2.24) is 10.2 Å². The summed E-state index contributed by atoms with van der Waals surface area (Å²) in [4.78, 5) is 62.7. The van der Waals surface area contributed by atoms with E-state index in [-0.39, 0.29) is 49.6 Å². The van der Waals surface area contributed by atoms with Crippen molar-refractivity contribution < 1.29 is 48.0 Å². The summed E-state index contributed by atoms with van der Waals surface area (Å²) in [5.74, 6) is -2.39. The zero-order chi connectivity index (χ0) is 33.6. The van der Waals surface area contributed by atoms with Crippen LogP contribution in [0.1, 0.15) is 63.9 Å². The van der Waals surface area contributed by atoms with Crippen LogP contribution < -0.4 is 5.32 Å². The normalized spacial score (nSPS) is 15.8. The maximum Gasteiger partial charge on any atom is 0.306 e. The van der Waals surface area contributed by atoms with Crippen LogP contribution in [-0.2, 0) is 49.3 Å². The Balaban J connectivity index is 1.54. The third-order valence-corrected chi connectivity index (χ3v) is 7.92. The first-order valence-electron chi connectivity index (χ1n) is 16.4. The molecule has 0 spiro atoms. The Hall–Kier alpha value is -3.19. The molecule has 1 heterocycles. The van der Waals surface area contributed by atoms with E-state index >= 15 is 0 Å². The van der Waals surface area contributed by atoms with E-state index in [1.165, 1.54) is 7.05 Å². The lowest BCUT2D eigenvalue weighted by Gasteiger charge is -2.28. The van der Waals surface area contributed by atoms with Gasteiger partial charge in [-0.05, 0) is 50.5 Å². The Morgan fingerprint density at radius 1 is 0.891 bits per heavy atom. The molecule has 1 aliphatic rings. The van der Waals surface area contributed by atoms with E-state index in [9.17, 15) is 29.1 Å². The molecule has 2 amide bonds. The maximum absolute atomic E-state index is 13.3. The second kappa shape index (κ2) is 23.2. The summed E-state index contributed by atoms with van der Waals surface area (Å²) in [5.41, 5.74) is 1.07. The highest BCUT2D eigenvalue weighted by molar-refractivity contribution is 5.90. The Morgan fingerprint density at radius 3 is 2.17 bits per heavy atom. The first kappa shape index (κ1) is 39.0. The first-order chi connectivity index (χ1) is 22.2. The summed E-state index contributed by atoms with van der Waals surface area (Å²) in [6, 6.07) is 9.24. The molecule has 0 aromatic heterocycles. The highest BCUT2D eigenvalue weighted by Crippen LogP contribution is 2.26. The summed E-state index contributed by atoms with van der Waals surface area (Å²) in [5, 5.41) is 12.2. The number of amides is 2. The molecule has 2 N–H and O–H groups in total. The molecule has 12 heteroatoms. The van der Waals surface area contributed by atoms with Gasteiger partial charge in [-0.25, -0.2) is 0 Å². The summed E-state index contributed by atoms with van der Waals surface area (Å²) < 4.78 is 21.4. The van der Waals surface area contributed by atoms with Crippen molar-refractivity contribution in [2.75, 3.05) is 66.4 Å². The predicted octanol–water partition coefficient (Wildman–Crippen LogP) is 2.85. The number of hydrogen-bond acceptors (Lipinski definition) is 9. The van der Waals surface area contributed by atoms with Gasteiger partial charge in [0.15, 0.2) is 11.6 Å². The molecule has 258 valence electrons. The number of carboxylic acid groups (broad SMARTS) is 1. The topological polar surface area (TPSA) is 158 Å². The second-order valence-corrected chi connectivity index (χ2v) is 11.6. The number of ketones is 2. The highest BCUT2D eigenvalue weighted by atomic mass is 16.5. The van der Waals surface area contributed by atoms with Crippen LogP contribution in [0.15, 0.2) is 30.3 Å². The van der Waals surface area contributed by atoms with E-state index in [0.29, 0.717) is 84.5 Å².